The molecule has 1 aliphatic carbocycles. The normalized spacial score (nSPS) is 27.2. The van der Waals surface area contributed by atoms with Gasteiger partial charge in [0, 0.05) is 6.04 Å². The van der Waals surface area contributed by atoms with E-state index in [-0.39, 0.29) is 6.09 Å². The molecule has 0 radical (unpaired) electrons. The highest BCUT2D eigenvalue weighted by Gasteiger charge is 2.44. The van der Waals surface area contributed by atoms with Gasteiger partial charge in [0.05, 0.1) is 0 Å². The third kappa shape index (κ3) is 3.16. The zero-order chi connectivity index (χ0) is 13.2. The van der Waals surface area contributed by atoms with Crippen LogP contribution in [0.3, 0.4) is 0 Å². The van der Waals surface area contributed by atoms with Gasteiger partial charge in [-0.05, 0) is 65.0 Å². The Balaban J connectivity index is 1.93. The standard InChI is InChI=1S/C14H26N2O2/c1-13(2,3)18-12(17)16-11-5-4-6-14(11)7-9-15-10-8-14/h11,15H,4-10H2,1-3H3,(H,16,17). The van der Waals surface area contributed by atoms with Crippen molar-refractivity contribution in [1.29, 1.82) is 0 Å². The average molecular weight is 254 g/mol. The molecule has 1 aliphatic heterocycles. The Morgan fingerprint density at radius 2 is 1.94 bits per heavy atom. The summed E-state index contributed by atoms with van der Waals surface area (Å²) in [5, 5.41) is 6.51. The Bertz CT molecular complexity index is 303. The van der Waals surface area contributed by atoms with Crippen LogP contribution in [-0.2, 0) is 4.74 Å². The number of carbonyl (C=O) groups excluding carboxylic acids is 1. The fraction of sp³-hybridized carbons (Fsp3) is 0.929. The van der Waals surface area contributed by atoms with Gasteiger partial charge in [0.2, 0.25) is 0 Å². The maximum atomic E-state index is 11.9. The second kappa shape index (κ2) is 5.08. The molecule has 1 amide bonds. The number of piperidine rings is 1. The third-order valence-electron chi connectivity index (χ3n) is 4.20. The minimum Gasteiger partial charge on any atom is -0.444 e. The quantitative estimate of drug-likeness (QED) is 0.755. The number of hydrogen-bond donors (Lipinski definition) is 2. The lowest BCUT2D eigenvalue weighted by molar-refractivity contribution is 0.0437. The number of ether oxygens (including phenoxy) is 1. The van der Waals surface area contributed by atoms with Crippen LogP contribution in [-0.4, -0.2) is 30.8 Å². The first-order valence-corrected chi connectivity index (χ1v) is 7.12. The SMILES string of the molecule is CC(C)(C)OC(=O)NC1CCCC12CCNCC2. The zero-order valence-electron chi connectivity index (χ0n) is 11.8. The van der Waals surface area contributed by atoms with Crippen molar-refractivity contribution in [2.75, 3.05) is 13.1 Å². The van der Waals surface area contributed by atoms with Gasteiger partial charge in [-0.15, -0.1) is 0 Å². The van der Waals surface area contributed by atoms with Gasteiger partial charge in [-0.25, -0.2) is 4.79 Å². The van der Waals surface area contributed by atoms with Crippen LogP contribution in [0.25, 0.3) is 0 Å². The van der Waals surface area contributed by atoms with E-state index in [1.807, 2.05) is 20.8 Å². The topological polar surface area (TPSA) is 50.4 Å². The lowest BCUT2D eigenvalue weighted by Crippen LogP contribution is -2.50. The summed E-state index contributed by atoms with van der Waals surface area (Å²) in [6.07, 6.45) is 5.66. The molecule has 0 aromatic heterocycles. The molecule has 4 nitrogen and oxygen atoms in total. The van der Waals surface area contributed by atoms with Crippen LogP contribution in [0.4, 0.5) is 4.79 Å². The van der Waals surface area contributed by atoms with Crippen LogP contribution in [0.2, 0.25) is 0 Å². The Hall–Kier alpha value is -0.770. The van der Waals surface area contributed by atoms with Gasteiger partial charge in [-0.2, -0.15) is 0 Å². The van der Waals surface area contributed by atoms with Gasteiger partial charge in [0.1, 0.15) is 5.60 Å². The summed E-state index contributed by atoms with van der Waals surface area (Å²) < 4.78 is 5.37. The molecule has 0 bridgehead atoms. The van der Waals surface area contributed by atoms with Crippen molar-refractivity contribution in [2.24, 2.45) is 5.41 Å². The fourth-order valence-corrected chi connectivity index (χ4v) is 3.34. The first kappa shape index (κ1) is 13.7. The first-order valence-electron chi connectivity index (χ1n) is 7.12. The molecular weight excluding hydrogens is 228 g/mol. The van der Waals surface area contributed by atoms with Gasteiger partial charge >= 0.3 is 6.09 Å². The Morgan fingerprint density at radius 1 is 1.28 bits per heavy atom. The van der Waals surface area contributed by atoms with Crippen LogP contribution in [0, 0.1) is 5.41 Å². The van der Waals surface area contributed by atoms with Crippen LogP contribution < -0.4 is 10.6 Å². The lowest BCUT2D eigenvalue weighted by Gasteiger charge is -2.39. The molecule has 2 aliphatic rings. The molecule has 1 saturated heterocycles. The number of amides is 1. The molecule has 2 rings (SSSR count). The van der Waals surface area contributed by atoms with E-state index >= 15 is 0 Å². The number of alkyl carbamates (subject to hydrolysis) is 1. The summed E-state index contributed by atoms with van der Waals surface area (Å²) in [6.45, 7) is 7.86. The molecule has 1 saturated carbocycles. The summed E-state index contributed by atoms with van der Waals surface area (Å²) in [5.74, 6) is 0. The summed E-state index contributed by atoms with van der Waals surface area (Å²) in [4.78, 5) is 11.9. The fourth-order valence-electron chi connectivity index (χ4n) is 3.34. The van der Waals surface area contributed by atoms with Crippen molar-refractivity contribution in [3.8, 4) is 0 Å². The van der Waals surface area contributed by atoms with E-state index in [0.717, 1.165) is 19.5 Å². The number of nitrogens with one attached hydrogen (secondary N) is 2. The Kier molecular flexibility index (Phi) is 3.85. The van der Waals surface area contributed by atoms with E-state index < -0.39 is 5.60 Å². The molecule has 0 aromatic rings. The molecule has 1 spiro atoms. The number of carbonyl (C=O) groups is 1. The van der Waals surface area contributed by atoms with E-state index in [0.29, 0.717) is 11.5 Å². The van der Waals surface area contributed by atoms with E-state index in [1.54, 1.807) is 0 Å². The van der Waals surface area contributed by atoms with Crippen LogP contribution in [0.1, 0.15) is 52.9 Å². The van der Waals surface area contributed by atoms with E-state index in [4.69, 9.17) is 4.74 Å². The van der Waals surface area contributed by atoms with Gasteiger partial charge < -0.3 is 15.4 Å². The molecule has 2 fully saturated rings. The zero-order valence-corrected chi connectivity index (χ0v) is 11.8. The largest absolute Gasteiger partial charge is 0.444 e. The molecule has 1 atom stereocenters. The molecule has 104 valence electrons. The predicted molar refractivity (Wildman–Crippen MR) is 71.5 cm³/mol. The highest BCUT2D eigenvalue weighted by molar-refractivity contribution is 5.68. The molecule has 18 heavy (non-hydrogen) atoms. The van der Waals surface area contributed by atoms with Crippen LogP contribution in [0.5, 0.6) is 0 Å². The summed E-state index contributed by atoms with van der Waals surface area (Å²) in [6, 6.07) is 0.300. The summed E-state index contributed by atoms with van der Waals surface area (Å²) >= 11 is 0. The van der Waals surface area contributed by atoms with Gasteiger partial charge in [0.15, 0.2) is 0 Å². The van der Waals surface area contributed by atoms with Crippen molar-refractivity contribution in [1.82, 2.24) is 10.6 Å². The third-order valence-corrected chi connectivity index (χ3v) is 4.20. The van der Waals surface area contributed by atoms with Crippen molar-refractivity contribution >= 4 is 6.09 Å². The monoisotopic (exact) mass is 254 g/mol. The predicted octanol–water partition coefficient (Wildman–Crippen LogP) is 2.43. The molecule has 1 heterocycles. The molecular formula is C14H26N2O2. The van der Waals surface area contributed by atoms with Crippen LogP contribution >= 0.6 is 0 Å². The molecule has 0 aromatic carbocycles. The van der Waals surface area contributed by atoms with Gasteiger partial charge in [0.25, 0.3) is 0 Å². The number of rotatable bonds is 1. The minimum absolute atomic E-state index is 0.257. The highest BCUT2D eigenvalue weighted by atomic mass is 16.6. The smallest absolute Gasteiger partial charge is 0.407 e. The van der Waals surface area contributed by atoms with Crippen molar-refractivity contribution < 1.29 is 9.53 Å². The van der Waals surface area contributed by atoms with E-state index in [1.165, 1.54) is 25.7 Å². The lowest BCUT2D eigenvalue weighted by atomic mass is 9.74. The molecule has 4 heteroatoms. The van der Waals surface area contributed by atoms with Gasteiger partial charge in [-0.3, -0.25) is 0 Å². The van der Waals surface area contributed by atoms with Crippen molar-refractivity contribution in [3.63, 3.8) is 0 Å². The van der Waals surface area contributed by atoms with Crippen molar-refractivity contribution in [3.05, 3.63) is 0 Å². The van der Waals surface area contributed by atoms with E-state index in [9.17, 15) is 4.79 Å². The Labute approximate surface area is 110 Å². The van der Waals surface area contributed by atoms with Crippen LogP contribution in [0.15, 0.2) is 0 Å². The Morgan fingerprint density at radius 3 is 2.56 bits per heavy atom. The molecule has 1 unspecified atom stereocenters. The first-order chi connectivity index (χ1) is 8.41. The van der Waals surface area contributed by atoms with Gasteiger partial charge in [-0.1, -0.05) is 6.42 Å². The second-order valence-corrected chi connectivity index (χ2v) is 6.70. The summed E-state index contributed by atoms with van der Waals surface area (Å²) in [7, 11) is 0. The average Bonchev–Trinajstić information content (AvgIpc) is 2.60. The number of hydrogen-bond acceptors (Lipinski definition) is 3. The van der Waals surface area contributed by atoms with E-state index in [2.05, 4.69) is 10.6 Å². The van der Waals surface area contributed by atoms with Crippen molar-refractivity contribution in [2.45, 2.75) is 64.5 Å². The maximum Gasteiger partial charge on any atom is 0.407 e. The molecule has 2 N–H and O–H groups in total. The maximum absolute atomic E-state index is 11.9. The summed E-state index contributed by atoms with van der Waals surface area (Å²) in [5.41, 5.74) is -0.0911. The minimum atomic E-state index is -0.413. The highest BCUT2D eigenvalue weighted by Crippen LogP contribution is 2.45. The second-order valence-electron chi connectivity index (χ2n) is 6.70.